The van der Waals surface area contributed by atoms with Gasteiger partial charge in [0.1, 0.15) is 5.75 Å². The van der Waals surface area contributed by atoms with Crippen LogP contribution >= 0.6 is 0 Å². The summed E-state index contributed by atoms with van der Waals surface area (Å²) in [7, 11) is 0. The number of rotatable bonds is 1. The first-order valence-electron chi connectivity index (χ1n) is 5.29. The van der Waals surface area contributed by atoms with E-state index >= 15 is 0 Å². The van der Waals surface area contributed by atoms with Gasteiger partial charge in [-0.25, -0.2) is 0 Å². The van der Waals surface area contributed by atoms with Crippen molar-refractivity contribution in [2.24, 2.45) is 0 Å². The zero-order chi connectivity index (χ0) is 10.8. The topological polar surface area (TPSA) is 40.5 Å². The molecule has 1 heterocycles. The fourth-order valence-corrected chi connectivity index (χ4v) is 2.04. The normalized spacial score (nSPS) is 20.6. The first kappa shape index (κ1) is 10.0. The second kappa shape index (κ2) is 3.93. The van der Waals surface area contributed by atoms with Crippen LogP contribution in [0, 0.1) is 0 Å². The number of carbonyl (C=O) groups is 1. The van der Waals surface area contributed by atoms with E-state index in [-0.39, 0.29) is 17.7 Å². The van der Waals surface area contributed by atoms with Crippen molar-refractivity contribution in [2.75, 3.05) is 6.54 Å². The minimum absolute atomic E-state index is 0.0573. The molecule has 1 unspecified atom stereocenters. The number of carbonyl (C=O) groups excluding carboxylic acids is 1. The molecular formula is C12H15NO2. The van der Waals surface area contributed by atoms with Gasteiger partial charge in [0, 0.05) is 12.6 Å². The molecule has 0 saturated carbocycles. The van der Waals surface area contributed by atoms with Crippen molar-refractivity contribution in [1.29, 1.82) is 0 Å². The molecule has 1 aliphatic heterocycles. The van der Waals surface area contributed by atoms with Crippen LogP contribution in [0.2, 0.25) is 0 Å². The summed E-state index contributed by atoms with van der Waals surface area (Å²) in [4.78, 5) is 13.9. The van der Waals surface area contributed by atoms with Crippen molar-refractivity contribution in [3.05, 3.63) is 29.8 Å². The minimum atomic E-state index is -0.0573. The van der Waals surface area contributed by atoms with Crippen molar-refractivity contribution >= 4 is 5.91 Å². The van der Waals surface area contributed by atoms with Gasteiger partial charge in [0.05, 0.1) is 5.56 Å². The number of nitrogens with zero attached hydrogens (tertiary/aromatic N) is 1. The molecule has 0 radical (unpaired) electrons. The van der Waals surface area contributed by atoms with Crippen LogP contribution in [0.25, 0.3) is 0 Å². The number of para-hydroxylation sites is 1. The summed E-state index contributed by atoms with van der Waals surface area (Å²) in [6, 6.07) is 7.00. The highest BCUT2D eigenvalue weighted by Crippen LogP contribution is 2.23. The molecular weight excluding hydrogens is 190 g/mol. The molecule has 2 rings (SSSR count). The lowest BCUT2D eigenvalue weighted by Crippen LogP contribution is -2.33. The number of phenols is 1. The van der Waals surface area contributed by atoms with Gasteiger partial charge in [-0.3, -0.25) is 4.79 Å². The molecule has 1 atom stereocenters. The van der Waals surface area contributed by atoms with Gasteiger partial charge in [-0.05, 0) is 31.9 Å². The van der Waals surface area contributed by atoms with Gasteiger partial charge >= 0.3 is 0 Å². The Labute approximate surface area is 89.3 Å². The van der Waals surface area contributed by atoms with Crippen LogP contribution in [-0.2, 0) is 0 Å². The van der Waals surface area contributed by atoms with E-state index in [0.717, 1.165) is 19.4 Å². The van der Waals surface area contributed by atoms with Crippen LogP contribution < -0.4 is 0 Å². The zero-order valence-corrected chi connectivity index (χ0v) is 8.81. The van der Waals surface area contributed by atoms with Crippen LogP contribution in [0.1, 0.15) is 30.1 Å². The molecule has 1 aromatic rings. The first-order valence-corrected chi connectivity index (χ1v) is 5.29. The summed E-state index contributed by atoms with van der Waals surface area (Å²) in [5.41, 5.74) is 0.409. The molecule has 0 spiro atoms. The zero-order valence-electron chi connectivity index (χ0n) is 8.81. The summed E-state index contributed by atoms with van der Waals surface area (Å²) >= 11 is 0. The maximum absolute atomic E-state index is 12.0. The van der Waals surface area contributed by atoms with Gasteiger partial charge in [-0.2, -0.15) is 0 Å². The van der Waals surface area contributed by atoms with E-state index in [9.17, 15) is 9.90 Å². The van der Waals surface area contributed by atoms with E-state index in [0.29, 0.717) is 5.56 Å². The van der Waals surface area contributed by atoms with Gasteiger partial charge in [-0.15, -0.1) is 0 Å². The molecule has 1 N–H and O–H groups in total. The van der Waals surface area contributed by atoms with E-state index in [1.165, 1.54) is 0 Å². The number of hydrogen-bond donors (Lipinski definition) is 1. The average molecular weight is 205 g/mol. The third-order valence-electron chi connectivity index (χ3n) is 2.95. The summed E-state index contributed by atoms with van der Waals surface area (Å²) in [6.45, 7) is 2.85. The van der Waals surface area contributed by atoms with Gasteiger partial charge in [0.15, 0.2) is 0 Å². The molecule has 1 aliphatic rings. The van der Waals surface area contributed by atoms with E-state index < -0.39 is 0 Å². The van der Waals surface area contributed by atoms with Crippen molar-refractivity contribution in [1.82, 2.24) is 4.90 Å². The van der Waals surface area contributed by atoms with Crippen molar-refractivity contribution in [3.63, 3.8) is 0 Å². The highest BCUT2D eigenvalue weighted by molar-refractivity contribution is 5.97. The molecule has 3 nitrogen and oxygen atoms in total. The summed E-state index contributed by atoms with van der Waals surface area (Å²) in [6.07, 6.45) is 2.11. The summed E-state index contributed by atoms with van der Waals surface area (Å²) < 4.78 is 0. The molecule has 1 amide bonds. The van der Waals surface area contributed by atoms with Crippen LogP contribution in [-0.4, -0.2) is 28.5 Å². The molecule has 1 saturated heterocycles. The molecule has 15 heavy (non-hydrogen) atoms. The molecule has 0 aromatic heterocycles. The van der Waals surface area contributed by atoms with Crippen molar-refractivity contribution in [3.8, 4) is 5.75 Å². The molecule has 1 aromatic carbocycles. The maximum atomic E-state index is 12.0. The highest BCUT2D eigenvalue weighted by Gasteiger charge is 2.27. The minimum Gasteiger partial charge on any atom is -0.507 e. The van der Waals surface area contributed by atoms with Gasteiger partial charge in [0.2, 0.25) is 0 Å². The van der Waals surface area contributed by atoms with Crippen LogP contribution in [0.5, 0.6) is 5.75 Å². The molecule has 1 fully saturated rings. The Morgan fingerprint density at radius 3 is 2.80 bits per heavy atom. The molecule has 80 valence electrons. The first-order chi connectivity index (χ1) is 7.20. The fraction of sp³-hybridized carbons (Fsp3) is 0.417. The average Bonchev–Trinajstić information content (AvgIpc) is 2.64. The lowest BCUT2D eigenvalue weighted by Gasteiger charge is -2.21. The smallest absolute Gasteiger partial charge is 0.257 e. The number of aromatic hydroxyl groups is 1. The van der Waals surface area contributed by atoms with E-state index in [4.69, 9.17) is 0 Å². The maximum Gasteiger partial charge on any atom is 0.257 e. The van der Waals surface area contributed by atoms with E-state index in [1.54, 1.807) is 24.3 Å². The molecule has 0 aliphatic carbocycles. The Bertz CT molecular complexity index is 376. The number of hydrogen-bond acceptors (Lipinski definition) is 2. The fourth-order valence-electron chi connectivity index (χ4n) is 2.04. The second-order valence-electron chi connectivity index (χ2n) is 4.01. The quantitative estimate of drug-likeness (QED) is 0.762. The summed E-state index contributed by atoms with van der Waals surface area (Å²) in [5, 5.41) is 9.58. The SMILES string of the molecule is CC1CCCN1C(=O)c1ccccc1O. The van der Waals surface area contributed by atoms with Crippen LogP contribution in [0.3, 0.4) is 0 Å². The molecule has 3 heteroatoms. The third kappa shape index (κ3) is 1.82. The Hall–Kier alpha value is -1.51. The highest BCUT2D eigenvalue weighted by atomic mass is 16.3. The number of benzene rings is 1. The van der Waals surface area contributed by atoms with Crippen molar-refractivity contribution in [2.45, 2.75) is 25.8 Å². The predicted octanol–water partition coefficient (Wildman–Crippen LogP) is 2.02. The Balaban J connectivity index is 2.24. The summed E-state index contributed by atoms with van der Waals surface area (Å²) in [5.74, 6) is 0.0136. The van der Waals surface area contributed by atoms with Crippen LogP contribution in [0.15, 0.2) is 24.3 Å². The lowest BCUT2D eigenvalue weighted by molar-refractivity contribution is 0.0744. The lowest BCUT2D eigenvalue weighted by atomic mass is 10.1. The second-order valence-corrected chi connectivity index (χ2v) is 4.01. The standard InChI is InChI=1S/C12H15NO2/c1-9-5-4-8-13(9)12(15)10-6-2-3-7-11(10)14/h2-3,6-7,9,14H,4-5,8H2,1H3. The van der Waals surface area contributed by atoms with E-state index in [2.05, 4.69) is 0 Å². The monoisotopic (exact) mass is 205 g/mol. The van der Waals surface area contributed by atoms with Gasteiger partial charge in [-0.1, -0.05) is 12.1 Å². The number of phenolic OH excluding ortho intramolecular Hbond substituents is 1. The largest absolute Gasteiger partial charge is 0.507 e. The number of amides is 1. The van der Waals surface area contributed by atoms with Gasteiger partial charge < -0.3 is 10.0 Å². The Morgan fingerprint density at radius 2 is 2.20 bits per heavy atom. The Kier molecular flexibility index (Phi) is 2.62. The van der Waals surface area contributed by atoms with Crippen molar-refractivity contribution < 1.29 is 9.90 Å². The molecule has 0 bridgehead atoms. The Morgan fingerprint density at radius 1 is 1.47 bits per heavy atom. The third-order valence-corrected chi connectivity index (χ3v) is 2.95. The predicted molar refractivity (Wildman–Crippen MR) is 57.8 cm³/mol. The van der Waals surface area contributed by atoms with Crippen LogP contribution in [0.4, 0.5) is 0 Å². The van der Waals surface area contributed by atoms with Gasteiger partial charge in [0.25, 0.3) is 5.91 Å². The number of likely N-dealkylation sites (tertiary alicyclic amines) is 1. The van der Waals surface area contributed by atoms with E-state index in [1.807, 2.05) is 11.8 Å².